The van der Waals surface area contributed by atoms with E-state index in [1.807, 2.05) is 12.3 Å². The Bertz CT molecular complexity index is 1100. The number of nitrogens with one attached hydrogen (secondary N) is 1. The second kappa shape index (κ2) is 8.70. The molecule has 0 unspecified atom stereocenters. The highest BCUT2D eigenvalue weighted by Gasteiger charge is 2.44. The lowest BCUT2D eigenvalue weighted by molar-refractivity contribution is 0.245. The van der Waals surface area contributed by atoms with Crippen molar-refractivity contribution >= 4 is 17.3 Å². The predicted molar refractivity (Wildman–Crippen MR) is 134 cm³/mol. The van der Waals surface area contributed by atoms with Gasteiger partial charge in [0.15, 0.2) is 5.11 Å². The van der Waals surface area contributed by atoms with Gasteiger partial charge in [0.2, 0.25) is 0 Å². The minimum atomic E-state index is 0.0562. The first kappa shape index (κ1) is 21.2. The highest BCUT2D eigenvalue weighted by Crippen LogP contribution is 2.44. The van der Waals surface area contributed by atoms with Crippen LogP contribution < -0.4 is 5.32 Å². The van der Waals surface area contributed by atoms with Crippen molar-refractivity contribution in [3.63, 3.8) is 0 Å². The van der Waals surface area contributed by atoms with Crippen molar-refractivity contribution in [1.29, 1.82) is 0 Å². The fourth-order valence-electron chi connectivity index (χ4n) is 5.64. The van der Waals surface area contributed by atoms with Gasteiger partial charge in [-0.3, -0.25) is 4.98 Å². The van der Waals surface area contributed by atoms with Gasteiger partial charge in [0.25, 0.3) is 0 Å². The van der Waals surface area contributed by atoms with Crippen LogP contribution in [0.25, 0.3) is 5.69 Å². The highest BCUT2D eigenvalue weighted by molar-refractivity contribution is 7.80. The molecule has 166 valence electrons. The van der Waals surface area contributed by atoms with Gasteiger partial charge < -0.3 is 14.8 Å². The second-order valence-corrected chi connectivity index (χ2v) is 9.54. The lowest BCUT2D eigenvalue weighted by Crippen LogP contribution is -2.37. The molecule has 1 aromatic carbocycles. The number of hydrogen-bond acceptors (Lipinski definition) is 2. The van der Waals surface area contributed by atoms with E-state index in [1.165, 1.54) is 53.9 Å². The van der Waals surface area contributed by atoms with Crippen LogP contribution in [-0.4, -0.2) is 25.6 Å². The number of pyridine rings is 1. The molecule has 5 heteroatoms. The maximum absolute atomic E-state index is 5.92. The number of nitrogens with zero attached hydrogens (tertiary/aromatic N) is 3. The Balaban J connectivity index is 1.61. The summed E-state index contributed by atoms with van der Waals surface area (Å²) in [5, 5.41) is 4.51. The molecule has 2 aliphatic rings. The smallest absolute Gasteiger partial charge is 0.170 e. The van der Waals surface area contributed by atoms with Gasteiger partial charge in [-0.2, -0.15) is 0 Å². The molecule has 2 atom stereocenters. The molecule has 2 fully saturated rings. The van der Waals surface area contributed by atoms with Gasteiger partial charge in [0.05, 0.1) is 17.8 Å². The van der Waals surface area contributed by atoms with E-state index in [1.54, 1.807) is 0 Å². The Morgan fingerprint density at radius 1 is 1.06 bits per heavy atom. The second-order valence-electron chi connectivity index (χ2n) is 9.15. The van der Waals surface area contributed by atoms with Crippen LogP contribution >= 0.6 is 12.2 Å². The molecule has 0 radical (unpaired) electrons. The third-order valence-electron chi connectivity index (χ3n) is 7.25. The van der Waals surface area contributed by atoms with E-state index in [0.29, 0.717) is 6.04 Å². The van der Waals surface area contributed by atoms with E-state index in [4.69, 9.17) is 17.2 Å². The highest BCUT2D eigenvalue weighted by atomic mass is 32.1. The third kappa shape index (κ3) is 3.62. The van der Waals surface area contributed by atoms with E-state index in [2.05, 4.69) is 78.0 Å². The molecule has 1 N–H and O–H groups in total. The largest absolute Gasteiger partial charge is 0.352 e. The van der Waals surface area contributed by atoms with Crippen molar-refractivity contribution in [2.45, 2.75) is 71.0 Å². The minimum absolute atomic E-state index is 0.0562. The molecule has 0 bridgehead atoms. The summed E-state index contributed by atoms with van der Waals surface area (Å²) in [6.45, 7) is 6.66. The van der Waals surface area contributed by atoms with Crippen molar-refractivity contribution in [2.24, 2.45) is 0 Å². The van der Waals surface area contributed by atoms with Crippen LogP contribution in [0.2, 0.25) is 0 Å². The minimum Gasteiger partial charge on any atom is -0.352 e. The van der Waals surface area contributed by atoms with Crippen LogP contribution in [0, 0.1) is 13.8 Å². The van der Waals surface area contributed by atoms with Gasteiger partial charge in [-0.1, -0.05) is 38.0 Å². The summed E-state index contributed by atoms with van der Waals surface area (Å²) in [4.78, 5) is 7.21. The third-order valence-corrected chi connectivity index (χ3v) is 7.57. The number of aromatic nitrogens is 2. The fraction of sp³-hybridized carbons (Fsp3) is 0.407. The van der Waals surface area contributed by atoms with E-state index in [-0.39, 0.29) is 12.1 Å². The van der Waals surface area contributed by atoms with Gasteiger partial charge in [-0.15, -0.1) is 0 Å². The number of benzene rings is 1. The molecule has 5 rings (SSSR count). The number of thiocarbonyl (C=S) groups is 1. The first-order valence-electron chi connectivity index (χ1n) is 11.9. The van der Waals surface area contributed by atoms with E-state index in [0.717, 1.165) is 17.2 Å². The molecule has 4 nitrogen and oxygen atoms in total. The molecule has 1 saturated carbocycles. The predicted octanol–water partition coefficient (Wildman–Crippen LogP) is 5.97. The van der Waals surface area contributed by atoms with Gasteiger partial charge in [-0.25, -0.2) is 0 Å². The lowest BCUT2D eigenvalue weighted by atomic mass is 9.95. The first-order chi connectivity index (χ1) is 15.6. The van der Waals surface area contributed by atoms with Crippen LogP contribution in [0.3, 0.4) is 0 Å². The molecule has 32 heavy (non-hydrogen) atoms. The summed E-state index contributed by atoms with van der Waals surface area (Å²) in [6.07, 6.45) is 7.94. The Kier molecular flexibility index (Phi) is 5.76. The average Bonchev–Trinajstić information content (AvgIpc) is 3.52. The van der Waals surface area contributed by atoms with Crippen LogP contribution in [0.5, 0.6) is 0 Å². The van der Waals surface area contributed by atoms with Crippen LogP contribution in [0.4, 0.5) is 0 Å². The van der Waals surface area contributed by atoms with Crippen molar-refractivity contribution < 1.29 is 0 Å². The molecule has 0 spiro atoms. The summed E-state index contributed by atoms with van der Waals surface area (Å²) in [6, 6.07) is 18.2. The van der Waals surface area contributed by atoms with Crippen molar-refractivity contribution in [2.75, 3.05) is 0 Å². The van der Waals surface area contributed by atoms with Gasteiger partial charge in [0, 0.05) is 29.3 Å². The van der Waals surface area contributed by atoms with E-state index in [9.17, 15) is 0 Å². The van der Waals surface area contributed by atoms with E-state index >= 15 is 0 Å². The summed E-state index contributed by atoms with van der Waals surface area (Å²) >= 11 is 5.92. The molecule has 2 aromatic heterocycles. The molecular formula is C27H32N4S. The zero-order valence-electron chi connectivity index (χ0n) is 19.2. The lowest BCUT2D eigenvalue weighted by Gasteiger charge is -2.33. The van der Waals surface area contributed by atoms with Crippen LogP contribution in [0.1, 0.15) is 72.9 Å². The quantitative estimate of drug-likeness (QED) is 0.492. The first-order valence-corrected chi connectivity index (χ1v) is 12.3. The molecule has 0 amide bonds. The van der Waals surface area contributed by atoms with Crippen LogP contribution in [-0.2, 0) is 6.42 Å². The Morgan fingerprint density at radius 2 is 1.81 bits per heavy atom. The van der Waals surface area contributed by atoms with E-state index < -0.39 is 0 Å². The molecule has 1 aliphatic carbocycles. The molecule has 3 heterocycles. The van der Waals surface area contributed by atoms with Crippen molar-refractivity contribution in [3.8, 4) is 5.69 Å². The van der Waals surface area contributed by atoms with Crippen LogP contribution in [0.15, 0.2) is 54.7 Å². The Morgan fingerprint density at radius 3 is 2.47 bits per heavy atom. The normalized spacial score (nSPS) is 21.3. The number of rotatable bonds is 5. The zero-order chi connectivity index (χ0) is 22.2. The fourth-order valence-corrected chi connectivity index (χ4v) is 6.03. The molecule has 3 aromatic rings. The summed E-state index contributed by atoms with van der Waals surface area (Å²) in [5.41, 5.74) is 7.52. The summed E-state index contributed by atoms with van der Waals surface area (Å²) < 4.78 is 2.39. The maximum Gasteiger partial charge on any atom is 0.170 e. The molecular weight excluding hydrogens is 412 g/mol. The summed E-state index contributed by atoms with van der Waals surface area (Å²) in [5.74, 6) is 0. The number of aryl methyl sites for hydroxylation is 2. The van der Waals surface area contributed by atoms with Gasteiger partial charge in [-0.05, 0) is 86.8 Å². The topological polar surface area (TPSA) is 33.1 Å². The van der Waals surface area contributed by atoms with Crippen molar-refractivity contribution in [1.82, 2.24) is 19.8 Å². The Labute approximate surface area is 196 Å². The summed E-state index contributed by atoms with van der Waals surface area (Å²) in [7, 11) is 0. The number of hydrogen-bond donors (Lipinski definition) is 1. The Hall–Kier alpha value is -2.66. The SMILES string of the molecule is CCc1ccc(-n2c(C)cc([C@@H]3[C@H](c4ccccn4)NC(=S)N3C3CCCC3)c2C)cc1. The molecule has 1 saturated heterocycles. The maximum atomic E-state index is 5.92. The average molecular weight is 445 g/mol. The standard InChI is InChI=1S/C27H32N4S/c1-4-20-12-14-22(15-13-20)30-18(2)17-23(19(30)3)26-25(24-11-7-8-16-28-24)29-27(32)31(26)21-9-5-6-10-21/h7-8,11-17,21,25-26H,4-6,9-10H2,1-3H3,(H,29,32)/t25-,26+/m0/s1. The van der Waals surface area contributed by atoms with Gasteiger partial charge in [0.1, 0.15) is 0 Å². The van der Waals surface area contributed by atoms with Gasteiger partial charge >= 0.3 is 0 Å². The zero-order valence-corrected chi connectivity index (χ0v) is 20.0. The van der Waals surface area contributed by atoms with Crippen molar-refractivity contribution in [3.05, 3.63) is 82.9 Å². The molecule has 1 aliphatic heterocycles. The monoisotopic (exact) mass is 444 g/mol.